The van der Waals surface area contributed by atoms with Gasteiger partial charge in [0.25, 0.3) is 5.56 Å². The first-order valence-corrected chi connectivity index (χ1v) is 13.6. The summed E-state index contributed by atoms with van der Waals surface area (Å²) in [5, 5.41) is 7.91. The molecule has 6 rings (SSSR count). The molecule has 1 aliphatic carbocycles. The lowest BCUT2D eigenvalue weighted by molar-refractivity contribution is 0.183. The summed E-state index contributed by atoms with van der Waals surface area (Å²) in [5.41, 5.74) is 5.78. The predicted octanol–water partition coefficient (Wildman–Crippen LogP) is 4.28. The minimum absolute atomic E-state index is 0.0167. The lowest BCUT2D eigenvalue weighted by atomic mass is 9.86. The van der Waals surface area contributed by atoms with E-state index in [1.807, 2.05) is 29.4 Å². The number of aromatic amines is 1. The average molecular weight is 510 g/mol. The van der Waals surface area contributed by atoms with Gasteiger partial charge in [-0.25, -0.2) is 4.79 Å². The molecule has 1 aliphatic heterocycles. The van der Waals surface area contributed by atoms with Crippen LogP contribution in [-0.2, 0) is 20.0 Å². The highest BCUT2D eigenvalue weighted by Gasteiger charge is 2.36. The Hall–Kier alpha value is -3.84. The number of hydrogen-bond donors (Lipinski definition) is 3. The molecule has 4 aromatic rings. The van der Waals surface area contributed by atoms with Gasteiger partial charge < -0.3 is 25.1 Å². The van der Waals surface area contributed by atoms with Gasteiger partial charge in [-0.3, -0.25) is 4.79 Å². The number of benzene rings is 2. The van der Waals surface area contributed by atoms with E-state index in [0.29, 0.717) is 13.1 Å². The molecule has 0 bridgehead atoms. The van der Waals surface area contributed by atoms with E-state index in [0.717, 1.165) is 54.3 Å². The quantitative estimate of drug-likeness (QED) is 0.348. The highest BCUT2D eigenvalue weighted by molar-refractivity contribution is 5.84. The zero-order valence-electron chi connectivity index (χ0n) is 21.8. The van der Waals surface area contributed by atoms with Gasteiger partial charge in [-0.2, -0.15) is 0 Å². The van der Waals surface area contributed by atoms with Crippen molar-refractivity contribution in [2.45, 2.75) is 50.2 Å². The molecule has 2 atom stereocenters. The Kier molecular flexibility index (Phi) is 6.77. The molecular formula is C31H35N5O2. The van der Waals surface area contributed by atoms with E-state index in [1.54, 1.807) is 17.7 Å². The number of carbonyl (C=O) groups is 1. The standard InChI is InChI=1S/C31H35N5O2/c1-35-14-12-23(17-30(35)37)27-11-13-32-19-29(27)34-31(38)36(25-8-9-25)20-24-18-33-28-16-22(7-10-26(24)28)15-21-5-3-2-4-6-21/h2-7,10,12,14,16-18,25,27,29,32-33H,8-9,11,13,15,19-20H2,1H3,(H,34,38)/t27-,29+/m0/s1. The van der Waals surface area contributed by atoms with Crippen LogP contribution in [0.3, 0.4) is 0 Å². The molecule has 38 heavy (non-hydrogen) atoms. The van der Waals surface area contributed by atoms with Crippen molar-refractivity contribution in [3.63, 3.8) is 0 Å². The third kappa shape index (κ3) is 5.24. The summed E-state index contributed by atoms with van der Waals surface area (Å²) in [6.07, 6.45) is 7.72. The monoisotopic (exact) mass is 509 g/mol. The average Bonchev–Trinajstić information content (AvgIpc) is 3.70. The number of aromatic nitrogens is 2. The van der Waals surface area contributed by atoms with Crippen LogP contribution in [0.15, 0.2) is 77.9 Å². The third-order valence-corrected chi connectivity index (χ3v) is 8.02. The van der Waals surface area contributed by atoms with Crippen molar-refractivity contribution in [2.24, 2.45) is 7.05 Å². The van der Waals surface area contributed by atoms with Crippen molar-refractivity contribution < 1.29 is 4.79 Å². The number of hydrogen-bond acceptors (Lipinski definition) is 3. The maximum Gasteiger partial charge on any atom is 0.318 e. The fraction of sp³-hybridized carbons (Fsp3) is 0.355. The van der Waals surface area contributed by atoms with Gasteiger partial charge in [0, 0.05) is 67.5 Å². The van der Waals surface area contributed by atoms with Crippen LogP contribution in [0.4, 0.5) is 4.79 Å². The van der Waals surface area contributed by atoms with Crippen LogP contribution < -0.4 is 16.2 Å². The van der Waals surface area contributed by atoms with Crippen LogP contribution >= 0.6 is 0 Å². The number of nitrogens with zero attached hydrogens (tertiary/aromatic N) is 2. The molecule has 3 heterocycles. The first-order chi connectivity index (χ1) is 18.5. The highest BCUT2D eigenvalue weighted by atomic mass is 16.2. The normalized spacial score (nSPS) is 19.4. The number of pyridine rings is 1. The molecule has 0 unspecified atom stereocenters. The van der Waals surface area contributed by atoms with Crippen LogP contribution in [0.5, 0.6) is 0 Å². The molecule has 7 nitrogen and oxygen atoms in total. The smallest absolute Gasteiger partial charge is 0.318 e. The van der Waals surface area contributed by atoms with E-state index >= 15 is 0 Å². The summed E-state index contributed by atoms with van der Waals surface area (Å²) in [7, 11) is 1.76. The minimum Gasteiger partial charge on any atom is -0.361 e. The summed E-state index contributed by atoms with van der Waals surface area (Å²) in [5.74, 6) is 0.117. The van der Waals surface area contributed by atoms with E-state index in [-0.39, 0.29) is 29.6 Å². The lowest BCUT2D eigenvalue weighted by Crippen LogP contribution is -2.53. The van der Waals surface area contributed by atoms with E-state index in [9.17, 15) is 9.59 Å². The van der Waals surface area contributed by atoms with Gasteiger partial charge in [-0.1, -0.05) is 42.5 Å². The summed E-state index contributed by atoms with van der Waals surface area (Å²) in [6, 6.07) is 21.0. The number of urea groups is 1. The minimum atomic E-state index is -0.0619. The molecule has 0 spiro atoms. The maximum atomic E-state index is 13.6. The number of nitrogens with one attached hydrogen (secondary N) is 3. The first kappa shape index (κ1) is 24.5. The molecule has 196 valence electrons. The van der Waals surface area contributed by atoms with E-state index in [4.69, 9.17) is 0 Å². The molecule has 2 aromatic carbocycles. The molecule has 1 saturated heterocycles. The number of amides is 2. The molecule has 2 aromatic heterocycles. The van der Waals surface area contributed by atoms with Crippen molar-refractivity contribution in [3.05, 3.63) is 106 Å². The van der Waals surface area contributed by atoms with E-state index in [1.165, 1.54) is 11.1 Å². The molecule has 2 amide bonds. The number of fused-ring (bicyclic) bond motifs is 1. The number of rotatable bonds is 7. The Morgan fingerprint density at radius 1 is 1.05 bits per heavy atom. The van der Waals surface area contributed by atoms with Gasteiger partial charge in [-0.05, 0) is 66.6 Å². The van der Waals surface area contributed by atoms with Crippen LogP contribution in [0.2, 0.25) is 0 Å². The van der Waals surface area contributed by atoms with Crippen LogP contribution in [0.1, 0.15) is 47.4 Å². The summed E-state index contributed by atoms with van der Waals surface area (Å²) >= 11 is 0. The van der Waals surface area contributed by atoms with Crippen molar-refractivity contribution in [1.82, 2.24) is 25.1 Å². The van der Waals surface area contributed by atoms with Crippen molar-refractivity contribution in [1.29, 1.82) is 0 Å². The summed E-state index contributed by atoms with van der Waals surface area (Å²) < 4.78 is 1.58. The van der Waals surface area contributed by atoms with Gasteiger partial charge in [0.2, 0.25) is 0 Å². The second-order valence-electron chi connectivity index (χ2n) is 10.8. The van der Waals surface area contributed by atoms with Gasteiger partial charge in [0.05, 0.1) is 0 Å². The third-order valence-electron chi connectivity index (χ3n) is 8.02. The van der Waals surface area contributed by atoms with Crippen molar-refractivity contribution in [3.8, 4) is 0 Å². The number of carbonyl (C=O) groups excluding carboxylic acids is 1. The zero-order valence-corrected chi connectivity index (χ0v) is 21.8. The molecular weight excluding hydrogens is 474 g/mol. The Bertz CT molecular complexity index is 1490. The molecule has 3 N–H and O–H groups in total. The molecule has 0 radical (unpaired) electrons. The Balaban J connectivity index is 1.18. The lowest BCUT2D eigenvalue weighted by Gasteiger charge is -2.35. The molecule has 2 fully saturated rings. The van der Waals surface area contributed by atoms with E-state index < -0.39 is 0 Å². The fourth-order valence-corrected chi connectivity index (χ4v) is 5.69. The summed E-state index contributed by atoms with van der Waals surface area (Å²) in [4.78, 5) is 31.3. The van der Waals surface area contributed by atoms with Gasteiger partial charge >= 0.3 is 6.03 Å². The van der Waals surface area contributed by atoms with Crippen LogP contribution in [-0.4, -0.2) is 45.7 Å². The SMILES string of the molecule is Cn1ccc([C@@H]2CCNC[C@H]2NC(=O)N(Cc2c[nH]c3cc(Cc4ccccc4)ccc23)C2CC2)cc1=O. The number of piperidine rings is 1. The van der Waals surface area contributed by atoms with Gasteiger partial charge in [0.1, 0.15) is 0 Å². The Labute approximate surface area is 222 Å². The molecule has 2 aliphatic rings. The topological polar surface area (TPSA) is 82.2 Å². The van der Waals surface area contributed by atoms with Crippen molar-refractivity contribution >= 4 is 16.9 Å². The van der Waals surface area contributed by atoms with E-state index in [2.05, 4.69) is 58.1 Å². The van der Waals surface area contributed by atoms with Gasteiger partial charge in [-0.15, -0.1) is 0 Å². The van der Waals surface area contributed by atoms with Crippen LogP contribution in [0, 0.1) is 0 Å². The second-order valence-corrected chi connectivity index (χ2v) is 10.8. The number of H-pyrrole nitrogens is 1. The Morgan fingerprint density at radius 3 is 2.68 bits per heavy atom. The molecule has 1 saturated carbocycles. The summed E-state index contributed by atoms with van der Waals surface area (Å²) in [6.45, 7) is 2.15. The largest absolute Gasteiger partial charge is 0.361 e. The highest BCUT2D eigenvalue weighted by Crippen LogP contribution is 2.31. The molecule has 7 heteroatoms. The van der Waals surface area contributed by atoms with Crippen LogP contribution in [0.25, 0.3) is 10.9 Å². The van der Waals surface area contributed by atoms with Crippen molar-refractivity contribution in [2.75, 3.05) is 13.1 Å². The zero-order chi connectivity index (χ0) is 26.1. The fourth-order valence-electron chi connectivity index (χ4n) is 5.69. The maximum absolute atomic E-state index is 13.6. The number of aryl methyl sites for hydroxylation is 1. The first-order valence-electron chi connectivity index (χ1n) is 13.6. The van der Waals surface area contributed by atoms with Gasteiger partial charge in [0.15, 0.2) is 0 Å². The predicted molar refractivity (Wildman–Crippen MR) is 150 cm³/mol. The Morgan fingerprint density at radius 2 is 1.89 bits per heavy atom. The second kappa shape index (κ2) is 10.5.